The van der Waals surface area contributed by atoms with Gasteiger partial charge in [-0.05, 0) is 42.8 Å². The highest BCUT2D eigenvalue weighted by atomic mass is 35.5. The molecule has 1 fully saturated rings. The quantitative estimate of drug-likeness (QED) is 0.571. The van der Waals surface area contributed by atoms with E-state index in [-0.39, 0.29) is 18.1 Å². The zero-order chi connectivity index (χ0) is 22.7. The molecule has 2 amide bonds. The van der Waals surface area contributed by atoms with E-state index in [2.05, 4.69) is 10.3 Å². The molecule has 1 aliphatic heterocycles. The predicted molar refractivity (Wildman–Crippen MR) is 118 cm³/mol. The van der Waals surface area contributed by atoms with Crippen molar-refractivity contribution in [3.63, 3.8) is 0 Å². The summed E-state index contributed by atoms with van der Waals surface area (Å²) >= 11 is 5.75. The molecule has 0 aliphatic carbocycles. The fourth-order valence-electron chi connectivity index (χ4n) is 3.68. The maximum Gasteiger partial charge on any atom is 0.352 e. The standard InChI is InChI=1S/C22H21ClN4O5/c23-19-5-3-16(12-24-19)25-20(28)13-27-17-4-2-14(10-15(17)11-18(27)22(30)31)21(29)26-6-1-8-32-9-7-26/h2-5,10-12H,1,6-9,13H2,(H,25,28)(H,30,31). The Kier molecular flexibility index (Phi) is 6.38. The molecule has 10 heteroatoms. The van der Waals surface area contributed by atoms with E-state index in [4.69, 9.17) is 16.3 Å². The van der Waals surface area contributed by atoms with Crippen molar-refractivity contribution in [3.8, 4) is 0 Å². The Morgan fingerprint density at radius 2 is 1.97 bits per heavy atom. The third-order valence-corrected chi connectivity index (χ3v) is 5.41. The molecule has 1 saturated heterocycles. The number of rotatable bonds is 5. The second-order valence-corrected chi connectivity index (χ2v) is 7.76. The zero-order valence-electron chi connectivity index (χ0n) is 17.1. The van der Waals surface area contributed by atoms with Crippen LogP contribution in [0, 0.1) is 0 Å². The van der Waals surface area contributed by atoms with Crippen molar-refractivity contribution in [2.75, 3.05) is 31.6 Å². The van der Waals surface area contributed by atoms with Gasteiger partial charge in [0.15, 0.2) is 0 Å². The minimum Gasteiger partial charge on any atom is -0.477 e. The second-order valence-electron chi connectivity index (χ2n) is 7.37. The van der Waals surface area contributed by atoms with Crippen molar-refractivity contribution in [1.29, 1.82) is 0 Å². The summed E-state index contributed by atoms with van der Waals surface area (Å²) in [5.74, 6) is -1.71. The minimum atomic E-state index is -1.17. The summed E-state index contributed by atoms with van der Waals surface area (Å²) in [4.78, 5) is 42.9. The first-order valence-corrected chi connectivity index (χ1v) is 10.4. The van der Waals surface area contributed by atoms with Crippen molar-refractivity contribution in [2.24, 2.45) is 0 Å². The first-order valence-electron chi connectivity index (χ1n) is 10.1. The molecule has 1 aliphatic rings. The van der Waals surface area contributed by atoms with E-state index >= 15 is 0 Å². The van der Waals surface area contributed by atoms with E-state index in [0.717, 1.165) is 6.42 Å². The van der Waals surface area contributed by atoms with Gasteiger partial charge in [0.05, 0.1) is 18.5 Å². The molecule has 3 heterocycles. The summed E-state index contributed by atoms with van der Waals surface area (Å²) in [6.07, 6.45) is 2.18. The van der Waals surface area contributed by atoms with Gasteiger partial charge in [-0.15, -0.1) is 0 Å². The molecule has 32 heavy (non-hydrogen) atoms. The van der Waals surface area contributed by atoms with Crippen LogP contribution in [0.15, 0.2) is 42.6 Å². The number of hydrogen-bond donors (Lipinski definition) is 2. The van der Waals surface area contributed by atoms with Crippen LogP contribution in [-0.2, 0) is 16.1 Å². The number of carboxylic acid groups (broad SMARTS) is 1. The van der Waals surface area contributed by atoms with Gasteiger partial charge >= 0.3 is 5.97 Å². The first-order chi connectivity index (χ1) is 15.4. The van der Waals surface area contributed by atoms with Gasteiger partial charge in [0.25, 0.3) is 5.91 Å². The molecule has 9 nitrogen and oxygen atoms in total. The van der Waals surface area contributed by atoms with E-state index in [0.29, 0.717) is 53.6 Å². The number of halogens is 1. The number of amides is 2. The molecule has 0 bridgehead atoms. The highest BCUT2D eigenvalue weighted by Crippen LogP contribution is 2.23. The largest absolute Gasteiger partial charge is 0.477 e. The zero-order valence-corrected chi connectivity index (χ0v) is 17.8. The maximum absolute atomic E-state index is 12.9. The Morgan fingerprint density at radius 3 is 2.72 bits per heavy atom. The molecule has 4 rings (SSSR count). The highest BCUT2D eigenvalue weighted by molar-refractivity contribution is 6.29. The number of ether oxygens (including phenoxy) is 1. The molecule has 0 saturated carbocycles. The Morgan fingerprint density at radius 1 is 1.12 bits per heavy atom. The van der Waals surface area contributed by atoms with Crippen molar-refractivity contribution in [3.05, 3.63) is 59.0 Å². The number of carbonyl (C=O) groups excluding carboxylic acids is 2. The lowest BCUT2D eigenvalue weighted by molar-refractivity contribution is -0.116. The predicted octanol–water partition coefficient (Wildman–Crippen LogP) is 2.89. The molecule has 0 spiro atoms. The van der Waals surface area contributed by atoms with Crippen molar-refractivity contribution >= 4 is 46.0 Å². The Bertz CT molecular complexity index is 1170. The molecule has 0 atom stereocenters. The first kappa shape index (κ1) is 21.8. The highest BCUT2D eigenvalue weighted by Gasteiger charge is 2.21. The lowest BCUT2D eigenvalue weighted by Gasteiger charge is -2.19. The smallest absolute Gasteiger partial charge is 0.352 e. The maximum atomic E-state index is 12.9. The van der Waals surface area contributed by atoms with Gasteiger partial charge in [-0.25, -0.2) is 9.78 Å². The topological polar surface area (TPSA) is 114 Å². The number of anilines is 1. The fraction of sp³-hybridized carbons (Fsp3) is 0.273. The molecule has 0 radical (unpaired) electrons. The average Bonchev–Trinajstić information content (AvgIpc) is 2.94. The van der Waals surface area contributed by atoms with Crippen LogP contribution in [-0.4, -0.2) is 63.6 Å². The summed E-state index contributed by atoms with van der Waals surface area (Å²) in [6, 6.07) is 9.59. The molecule has 2 aromatic heterocycles. The van der Waals surface area contributed by atoms with Crippen LogP contribution in [0.25, 0.3) is 10.9 Å². The lowest BCUT2D eigenvalue weighted by atomic mass is 10.1. The third-order valence-electron chi connectivity index (χ3n) is 5.19. The number of carboxylic acids is 1. The average molecular weight is 457 g/mol. The molecule has 2 N–H and O–H groups in total. The van der Waals surface area contributed by atoms with E-state index < -0.39 is 11.9 Å². The number of hydrogen-bond acceptors (Lipinski definition) is 5. The van der Waals surface area contributed by atoms with Gasteiger partial charge in [0.2, 0.25) is 5.91 Å². The number of fused-ring (bicyclic) bond motifs is 1. The van der Waals surface area contributed by atoms with E-state index in [1.54, 1.807) is 35.2 Å². The van der Waals surface area contributed by atoms with Gasteiger partial charge in [0, 0.05) is 36.2 Å². The molecule has 1 aromatic carbocycles. The van der Waals surface area contributed by atoms with Crippen molar-refractivity contribution < 1.29 is 24.2 Å². The molecule has 166 valence electrons. The second kappa shape index (κ2) is 9.37. The summed E-state index contributed by atoms with van der Waals surface area (Å²) in [6.45, 7) is 2.02. The SMILES string of the molecule is O=C(Cn1c(C(=O)O)cc2cc(C(=O)N3CCCOCC3)ccc21)Nc1ccc(Cl)nc1. The fourth-order valence-corrected chi connectivity index (χ4v) is 3.79. The minimum absolute atomic E-state index is 0.0443. The number of carbonyl (C=O) groups is 3. The number of nitrogens with one attached hydrogen (secondary N) is 1. The van der Waals surface area contributed by atoms with Crippen molar-refractivity contribution in [2.45, 2.75) is 13.0 Å². The normalized spacial score (nSPS) is 14.2. The summed E-state index contributed by atoms with van der Waals surface area (Å²) < 4.78 is 6.81. The molecular weight excluding hydrogens is 436 g/mol. The Balaban J connectivity index is 1.59. The van der Waals surface area contributed by atoms with Crippen molar-refractivity contribution in [1.82, 2.24) is 14.5 Å². The monoisotopic (exact) mass is 456 g/mol. The van der Waals surface area contributed by atoms with E-state index in [1.807, 2.05) is 0 Å². The van der Waals surface area contributed by atoms with Crippen LogP contribution < -0.4 is 5.32 Å². The van der Waals surface area contributed by atoms with E-state index in [9.17, 15) is 19.5 Å². The van der Waals surface area contributed by atoms with Crippen LogP contribution in [0.2, 0.25) is 5.15 Å². The van der Waals surface area contributed by atoms with Crippen LogP contribution in [0.5, 0.6) is 0 Å². The number of aromatic nitrogens is 2. The van der Waals surface area contributed by atoms with Crippen LogP contribution >= 0.6 is 11.6 Å². The molecule has 3 aromatic rings. The number of benzene rings is 1. The van der Waals surface area contributed by atoms with Gasteiger partial charge < -0.3 is 24.6 Å². The summed E-state index contributed by atoms with van der Waals surface area (Å²) in [7, 11) is 0. The number of nitrogens with zero attached hydrogens (tertiary/aromatic N) is 3. The van der Waals surface area contributed by atoms with Gasteiger partial charge in [-0.1, -0.05) is 11.6 Å². The van der Waals surface area contributed by atoms with Gasteiger partial charge in [-0.2, -0.15) is 0 Å². The van der Waals surface area contributed by atoms with Crippen LogP contribution in [0.3, 0.4) is 0 Å². The molecular formula is C22H21ClN4O5. The van der Waals surface area contributed by atoms with Crippen LogP contribution in [0.4, 0.5) is 5.69 Å². The summed E-state index contributed by atoms with van der Waals surface area (Å²) in [5.41, 5.74) is 1.41. The van der Waals surface area contributed by atoms with Gasteiger partial charge in [-0.3, -0.25) is 9.59 Å². The Labute approximate surface area is 188 Å². The lowest BCUT2D eigenvalue weighted by Crippen LogP contribution is -2.33. The number of aromatic carboxylic acids is 1. The summed E-state index contributed by atoms with van der Waals surface area (Å²) in [5, 5.41) is 13.2. The molecule has 0 unspecified atom stereocenters. The van der Waals surface area contributed by atoms with Gasteiger partial charge in [0.1, 0.15) is 17.4 Å². The third kappa shape index (κ3) is 4.74. The Hall–Kier alpha value is -3.43. The number of pyridine rings is 1. The van der Waals surface area contributed by atoms with E-state index in [1.165, 1.54) is 16.8 Å². The van der Waals surface area contributed by atoms with Crippen LogP contribution in [0.1, 0.15) is 27.3 Å².